The number of ether oxygens (including phenoxy) is 2. The summed E-state index contributed by atoms with van der Waals surface area (Å²) in [6.07, 6.45) is -0.718. The Kier molecular flexibility index (Phi) is 11.3. The lowest BCUT2D eigenvalue weighted by Gasteiger charge is -2.14. The molecule has 6 rings (SSSR count). The lowest BCUT2D eigenvalue weighted by molar-refractivity contribution is -0.136. The maximum absolute atomic E-state index is 11.5. The summed E-state index contributed by atoms with van der Waals surface area (Å²) in [7, 11) is 0. The SMILES string of the molecule is NCC(=O)O.O=C(Cl)OCC1c2ccccc2-c2ccccc21.O=C(O)CNC(=O)OCC1c2ccccc2-c2ccccc21. The van der Waals surface area contributed by atoms with Gasteiger partial charge < -0.3 is 30.7 Å². The third-order valence-electron chi connectivity index (χ3n) is 7.23. The number of hydrogen-bond acceptors (Lipinski definition) is 7. The number of hydrogen-bond donors (Lipinski definition) is 4. The number of rotatable bonds is 7. The molecule has 4 aromatic rings. The smallest absolute Gasteiger partial charge is 0.407 e. The molecule has 0 atom stereocenters. The van der Waals surface area contributed by atoms with Crippen LogP contribution in [0.5, 0.6) is 0 Å². The molecule has 0 bridgehead atoms. The Bertz CT molecular complexity index is 1600. The van der Waals surface area contributed by atoms with Crippen LogP contribution in [0.1, 0.15) is 34.1 Å². The van der Waals surface area contributed by atoms with Crippen molar-refractivity contribution in [3.8, 4) is 22.3 Å². The molecule has 0 aromatic heterocycles. The maximum atomic E-state index is 11.5. The second kappa shape index (κ2) is 15.5. The van der Waals surface area contributed by atoms with E-state index in [1.807, 2.05) is 60.7 Å². The largest absolute Gasteiger partial charge is 0.480 e. The van der Waals surface area contributed by atoms with Crippen LogP contribution >= 0.6 is 11.6 Å². The van der Waals surface area contributed by atoms with Crippen molar-refractivity contribution >= 4 is 35.1 Å². The van der Waals surface area contributed by atoms with Gasteiger partial charge in [-0.1, -0.05) is 97.1 Å². The van der Waals surface area contributed by atoms with Crippen molar-refractivity contribution in [2.45, 2.75) is 11.8 Å². The molecule has 0 fully saturated rings. The van der Waals surface area contributed by atoms with Crippen molar-refractivity contribution < 1.29 is 38.9 Å². The van der Waals surface area contributed by atoms with E-state index in [1.165, 1.54) is 22.3 Å². The van der Waals surface area contributed by atoms with Gasteiger partial charge in [-0.25, -0.2) is 9.59 Å². The van der Waals surface area contributed by atoms with Crippen molar-refractivity contribution in [3.63, 3.8) is 0 Å². The number of alkyl carbamates (subject to hydrolysis) is 1. The molecular formula is C34H31ClN2O8. The van der Waals surface area contributed by atoms with E-state index in [2.05, 4.69) is 47.4 Å². The Labute approximate surface area is 264 Å². The molecule has 0 spiro atoms. The van der Waals surface area contributed by atoms with Crippen LogP contribution in [-0.4, -0.2) is 60.0 Å². The minimum Gasteiger partial charge on any atom is -0.480 e. The molecule has 5 N–H and O–H groups in total. The van der Waals surface area contributed by atoms with E-state index in [-0.39, 0.29) is 31.6 Å². The van der Waals surface area contributed by atoms with Gasteiger partial charge in [-0.2, -0.15) is 0 Å². The Hall–Kier alpha value is -5.19. The quantitative estimate of drug-likeness (QED) is 0.184. The summed E-state index contributed by atoms with van der Waals surface area (Å²) < 4.78 is 10.1. The fraction of sp³-hybridized carbons (Fsp3) is 0.176. The monoisotopic (exact) mass is 630 g/mol. The zero-order valence-corrected chi connectivity index (χ0v) is 24.8. The number of benzene rings is 4. The molecule has 0 heterocycles. The van der Waals surface area contributed by atoms with E-state index in [0.717, 1.165) is 22.3 Å². The van der Waals surface area contributed by atoms with Crippen LogP contribution in [0.4, 0.5) is 9.59 Å². The van der Waals surface area contributed by atoms with E-state index in [1.54, 1.807) is 0 Å². The van der Waals surface area contributed by atoms with Gasteiger partial charge in [-0.05, 0) is 44.5 Å². The fourth-order valence-corrected chi connectivity index (χ4v) is 5.45. The molecule has 2 aliphatic rings. The first-order valence-corrected chi connectivity index (χ1v) is 14.3. The lowest BCUT2D eigenvalue weighted by atomic mass is 9.98. The highest BCUT2D eigenvalue weighted by atomic mass is 35.5. The predicted octanol–water partition coefficient (Wildman–Crippen LogP) is 5.81. The number of aliphatic carboxylic acids is 2. The Balaban J connectivity index is 0.000000181. The van der Waals surface area contributed by atoms with Crippen LogP contribution in [-0.2, 0) is 19.1 Å². The average molecular weight is 631 g/mol. The molecule has 1 amide bonds. The molecule has 45 heavy (non-hydrogen) atoms. The first-order valence-electron chi connectivity index (χ1n) is 13.9. The van der Waals surface area contributed by atoms with E-state index in [4.69, 9.17) is 31.3 Å². The van der Waals surface area contributed by atoms with Gasteiger partial charge in [-0.3, -0.25) is 9.59 Å². The second-order valence-electron chi connectivity index (χ2n) is 9.95. The highest BCUT2D eigenvalue weighted by Gasteiger charge is 2.30. The summed E-state index contributed by atoms with van der Waals surface area (Å²) in [5, 5.41) is 18.3. The minimum atomic E-state index is -1.10. The lowest BCUT2D eigenvalue weighted by Crippen LogP contribution is -2.30. The van der Waals surface area contributed by atoms with Crippen molar-refractivity contribution in [3.05, 3.63) is 119 Å². The number of fused-ring (bicyclic) bond motifs is 6. The molecule has 232 valence electrons. The molecule has 0 aliphatic heterocycles. The van der Waals surface area contributed by atoms with E-state index < -0.39 is 30.0 Å². The van der Waals surface area contributed by atoms with Crippen molar-refractivity contribution in [1.82, 2.24) is 5.32 Å². The minimum absolute atomic E-state index is 0.0250. The number of carbonyl (C=O) groups is 4. The number of amides is 1. The number of carboxylic acid groups (broad SMARTS) is 2. The molecule has 11 heteroatoms. The Morgan fingerprint density at radius 1 is 0.622 bits per heavy atom. The standard InChI is InChI=1S/C17H15NO4.C15H11ClO2.C2H5NO2/c19-16(20)9-18-17(21)22-10-15-13-7-3-1-5-11(13)12-6-2-4-8-14(12)15;16-15(17)18-9-14-12-7-3-1-5-10(12)11-6-2-4-8-13(11)14;3-1-2(4)5/h1-8,15H,9-10H2,(H,18,21)(H,19,20);1-8,14H,9H2;1,3H2,(H,4,5). The number of nitrogens with two attached hydrogens (primary N) is 1. The van der Waals surface area contributed by atoms with Crippen LogP contribution in [0.15, 0.2) is 97.1 Å². The van der Waals surface area contributed by atoms with Crippen molar-refractivity contribution in [2.75, 3.05) is 26.3 Å². The van der Waals surface area contributed by atoms with Crippen LogP contribution in [0.2, 0.25) is 0 Å². The normalized spacial score (nSPS) is 12.0. The molecular weight excluding hydrogens is 600 g/mol. The van der Waals surface area contributed by atoms with Gasteiger partial charge in [0.1, 0.15) is 19.8 Å². The Morgan fingerprint density at radius 3 is 1.27 bits per heavy atom. The molecule has 2 aliphatic carbocycles. The van der Waals surface area contributed by atoms with Gasteiger partial charge in [-0.15, -0.1) is 0 Å². The Morgan fingerprint density at radius 2 is 0.956 bits per heavy atom. The van der Waals surface area contributed by atoms with E-state index in [9.17, 15) is 19.2 Å². The molecule has 0 unspecified atom stereocenters. The van der Waals surface area contributed by atoms with Gasteiger partial charge in [0.15, 0.2) is 0 Å². The summed E-state index contributed by atoms with van der Waals surface area (Å²) in [4.78, 5) is 42.0. The van der Waals surface area contributed by atoms with E-state index >= 15 is 0 Å². The predicted molar refractivity (Wildman–Crippen MR) is 168 cm³/mol. The van der Waals surface area contributed by atoms with Gasteiger partial charge in [0.05, 0.1) is 6.54 Å². The zero-order chi connectivity index (χ0) is 32.3. The van der Waals surface area contributed by atoms with Crippen LogP contribution in [0, 0.1) is 0 Å². The summed E-state index contributed by atoms with van der Waals surface area (Å²) in [5.41, 5.74) is 13.2. The number of halogens is 1. The molecule has 0 saturated heterocycles. The summed E-state index contributed by atoms with van der Waals surface area (Å²) in [6, 6.07) is 32.4. The van der Waals surface area contributed by atoms with Gasteiger partial charge in [0.2, 0.25) is 0 Å². The van der Waals surface area contributed by atoms with Crippen LogP contribution < -0.4 is 11.1 Å². The second-order valence-corrected chi connectivity index (χ2v) is 10.3. The number of carbonyl (C=O) groups excluding carboxylic acids is 2. The number of nitrogens with one attached hydrogen (secondary N) is 1. The van der Waals surface area contributed by atoms with Gasteiger partial charge in [0, 0.05) is 23.4 Å². The van der Waals surface area contributed by atoms with Crippen LogP contribution in [0.3, 0.4) is 0 Å². The van der Waals surface area contributed by atoms with Crippen LogP contribution in [0.25, 0.3) is 22.3 Å². The zero-order valence-electron chi connectivity index (χ0n) is 24.0. The van der Waals surface area contributed by atoms with Gasteiger partial charge in [0.25, 0.3) is 0 Å². The first kappa shape index (κ1) is 32.7. The average Bonchev–Trinajstić information content (AvgIpc) is 3.55. The van der Waals surface area contributed by atoms with Crippen molar-refractivity contribution in [2.24, 2.45) is 5.73 Å². The summed E-state index contributed by atoms with van der Waals surface area (Å²) >= 11 is 5.25. The highest BCUT2D eigenvalue weighted by Crippen LogP contribution is 2.45. The highest BCUT2D eigenvalue weighted by molar-refractivity contribution is 6.61. The van der Waals surface area contributed by atoms with Gasteiger partial charge >= 0.3 is 23.5 Å². The molecule has 10 nitrogen and oxygen atoms in total. The molecule has 4 aromatic carbocycles. The van der Waals surface area contributed by atoms with Crippen molar-refractivity contribution in [1.29, 1.82) is 0 Å². The third-order valence-corrected chi connectivity index (χ3v) is 7.34. The molecule has 0 radical (unpaired) electrons. The summed E-state index contributed by atoms with van der Waals surface area (Å²) in [5.74, 6) is -2.01. The summed E-state index contributed by atoms with van der Waals surface area (Å²) in [6.45, 7) is -0.257. The first-order chi connectivity index (χ1) is 21.7. The maximum Gasteiger partial charge on any atom is 0.407 e. The third kappa shape index (κ3) is 8.26. The topological polar surface area (TPSA) is 165 Å². The fourth-order valence-electron chi connectivity index (χ4n) is 5.39. The molecule has 0 saturated carbocycles. The number of carboxylic acids is 2. The van der Waals surface area contributed by atoms with E-state index in [0.29, 0.717) is 0 Å².